The number of carbonyl (C=O) groups excluding carboxylic acids is 1. The van der Waals surface area contributed by atoms with Crippen LogP contribution >= 0.6 is 35.0 Å². The van der Waals surface area contributed by atoms with E-state index < -0.39 is 12.1 Å². The Morgan fingerprint density at radius 2 is 1.79 bits per heavy atom. The van der Waals surface area contributed by atoms with Gasteiger partial charge >= 0.3 is 0 Å². The summed E-state index contributed by atoms with van der Waals surface area (Å²) >= 11 is 2.19. The van der Waals surface area contributed by atoms with Gasteiger partial charge in [-0.15, -0.1) is 12.4 Å². The molecule has 6 heteroatoms. The van der Waals surface area contributed by atoms with Gasteiger partial charge < -0.3 is 15.7 Å². The van der Waals surface area contributed by atoms with Gasteiger partial charge in [-0.2, -0.15) is 0 Å². The highest BCUT2D eigenvalue weighted by molar-refractivity contribution is 14.1. The van der Waals surface area contributed by atoms with Crippen molar-refractivity contribution < 1.29 is 9.90 Å². The normalized spacial score (nSPS) is 17.7. The molecular formula is C13H18ClIN2O2. The van der Waals surface area contributed by atoms with Crippen LogP contribution in [0.15, 0.2) is 24.3 Å². The Kier molecular flexibility index (Phi) is 6.52. The molecule has 1 aliphatic heterocycles. The fourth-order valence-corrected chi connectivity index (χ4v) is 2.51. The molecule has 1 heterocycles. The van der Waals surface area contributed by atoms with Gasteiger partial charge in [-0.3, -0.25) is 4.79 Å². The first kappa shape index (κ1) is 16.7. The number of nitrogens with zero attached hydrogens (tertiary/aromatic N) is 1. The van der Waals surface area contributed by atoms with Gasteiger partial charge in [0, 0.05) is 16.7 Å². The molecule has 0 radical (unpaired) electrons. The van der Waals surface area contributed by atoms with Gasteiger partial charge in [0.15, 0.2) is 0 Å². The Balaban J connectivity index is 0.00000180. The molecule has 3 N–H and O–H groups in total. The highest BCUT2D eigenvalue weighted by Crippen LogP contribution is 2.20. The number of nitrogens with two attached hydrogens (primary N) is 1. The van der Waals surface area contributed by atoms with E-state index >= 15 is 0 Å². The van der Waals surface area contributed by atoms with Gasteiger partial charge in [-0.1, -0.05) is 12.1 Å². The number of aliphatic hydroxyl groups is 1. The van der Waals surface area contributed by atoms with Crippen LogP contribution < -0.4 is 5.73 Å². The van der Waals surface area contributed by atoms with Crippen LogP contribution in [0.1, 0.15) is 24.5 Å². The molecule has 1 fully saturated rings. The second-order valence-corrected chi connectivity index (χ2v) is 5.80. The van der Waals surface area contributed by atoms with Gasteiger partial charge in [0.05, 0.1) is 0 Å². The minimum atomic E-state index is -0.935. The molecule has 4 nitrogen and oxygen atoms in total. The Bertz CT molecular complexity index is 421. The molecule has 106 valence electrons. The van der Waals surface area contributed by atoms with Crippen LogP contribution in [0.3, 0.4) is 0 Å². The van der Waals surface area contributed by atoms with Crippen molar-refractivity contribution >= 4 is 40.9 Å². The molecule has 0 aromatic heterocycles. The van der Waals surface area contributed by atoms with Crippen LogP contribution in [0.25, 0.3) is 0 Å². The van der Waals surface area contributed by atoms with Crippen LogP contribution in [0.2, 0.25) is 0 Å². The largest absolute Gasteiger partial charge is 0.386 e. The van der Waals surface area contributed by atoms with Crippen LogP contribution in [0.4, 0.5) is 0 Å². The molecule has 0 saturated carbocycles. The smallest absolute Gasteiger partial charge is 0.242 e. The number of likely N-dealkylation sites (tertiary alicyclic amines) is 1. The van der Waals surface area contributed by atoms with E-state index in [-0.39, 0.29) is 18.3 Å². The van der Waals surface area contributed by atoms with E-state index in [9.17, 15) is 9.90 Å². The SMILES string of the molecule is Cl.NC(C(=O)N1CCCC1)C(O)c1ccc(I)cc1. The van der Waals surface area contributed by atoms with Crippen LogP contribution in [-0.2, 0) is 4.79 Å². The topological polar surface area (TPSA) is 66.6 Å². The maximum atomic E-state index is 12.1. The lowest BCUT2D eigenvalue weighted by atomic mass is 10.0. The minimum Gasteiger partial charge on any atom is -0.386 e. The Morgan fingerprint density at radius 1 is 1.26 bits per heavy atom. The average Bonchev–Trinajstić information content (AvgIpc) is 2.91. The van der Waals surface area contributed by atoms with Gasteiger partial charge in [-0.25, -0.2) is 0 Å². The summed E-state index contributed by atoms with van der Waals surface area (Å²) in [6.45, 7) is 1.51. The van der Waals surface area contributed by atoms with Crippen molar-refractivity contribution in [2.75, 3.05) is 13.1 Å². The number of halogens is 2. The van der Waals surface area contributed by atoms with Gasteiger partial charge in [0.25, 0.3) is 0 Å². The van der Waals surface area contributed by atoms with Crippen molar-refractivity contribution in [3.8, 4) is 0 Å². The van der Waals surface area contributed by atoms with E-state index in [1.54, 1.807) is 4.90 Å². The zero-order chi connectivity index (χ0) is 13.1. The first-order chi connectivity index (χ1) is 8.59. The first-order valence-corrected chi connectivity index (χ1v) is 7.15. The Morgan fingerprint density at radius 3 is 2.32 bits per heavy atom. The summed E-state index contributed by atoms with van der Waals surface area (Å²) in [5.74, 6) is -0.154. The fraction of sp³-hybridized carbons (Fsp3) is 0.462. The molecule has 0 spiro atoms. The summed E-state index contributed by atoms with van der Waals surface area (Å²) in [4.78, 5) is 13.8. The van der Waals surface area contributed by atoms with Crippen molar-refractivity contribution in [1.82, 2.24) is 4.90 Å². The Labute approximate surface area is 132 Å². The summed E-state index contributed by atoms with van der Waals surface area (Å²) in [7, 11) is 0. The monoisotopic (exact) mass is 396 g/mol. The zero-order valence-corrected chi connectivity index (χ0v) is 13.4. The van der Waals surface area contributed by atoms with Gasteiger partial charge in [-0.05, 0) is 53.1 Å². The quantitative estimate of drug-likeness (QED) is 0.764. The molecular weight excluding hydrogens is 379 g/mol. The van der Waals surface area contributed by atoms with Crippen LogP contribution in [-0.4, -0.2) is 35.0 Å². The third kappa shape index (κ3) is 4.05. The summed E-state index contributed by atoms with van der Waals surface area (Å²) in [5.41, 5.74) is 6.56. The molecule has 0 aliphatic carbocycles. The molecule has 2 atom stereocenters. The standard InChI is InChI=1S/C13H17IN2O2.ClH/c14-10-5-3-9(4-6-10)12(17)11(15)13(18)16-7-1-2-8-16;/h3-6,11-12,17H,1-2,7-8,15H2;1H. The minimum absolute atomic E-state index is 0. The maximum Gasteiger partial charge on any atom is 0.242 e. The third-order valence-corrected chi connectivity index (χ3v) is 3.97. The molecule has 1 amide bonds. The molecule has 1 saturated heterocycles. The molecule has 2 unspecified atom stereocenters. The molecule has 1 aromatic carbocycles. The lowest BCUT2D eigenvalue weighted by Gasteiger charge is -2.24. The molecule has 19 heavy (non-hydrogen) atoms. The van der Waals surface area contributed by atoms with Crippen molar-refractivity contribution in [3.63, 3.8) is 0 Å². The lowest BCUT2D eigenvalue weighted by Crippen LogP contribution is -2.45. The average molecular weight is 397 g/mol. The van der Waals surface area contributed by atoms with E-state index in [1.165, 1.54) is 0 Å². The molecule has 1 aromatic rings. The summed E-state index contributed by atoms with van der Waals surface area (Å²) < 4.78 is 1.09. The van der Waals surface area contributed by atoms with Crippen molar-refractivity contribution in [1.29, 1.82) is 0 Å². The number of benzene rings is 1. The van der Waals surface area contributed by atoms with E-state index in [1.807, 2.05) is 24.3 Å². The van der Waals surface area contributed by atoms with Crippen LogP contribution in [0, 0.1) is 3.57 Å². The van der Waals surface area contributed by atoms with Crippen LogP contribution in [0.5, 0.6) is 0 Å². The molecule has 2 rings (SSSR count). The van der Waals surface area contributed by atoms with Crippen molar-refractivity contribution in [2.24, 2.45) is 5.73 Å². The van der Waals surface area contributed by atoms with Gasteiger partial charge in [0.2, 0.25) is 5.91 Å². The highest BCUT2D eigenvalue weighted by atomic mass is 127. The summed E-state index contributed by atoms with van der Waals surface area (Å²) in [6, 6.07) is 6.54. The lowest BCUT2D eigenvalue weighted by molar-refractivity contribution is -0.134. The summed E-state index contributed by atoms with van der Waals surface area (Å²) in [5, 5.41) is 10.1. The van der Waals surface area contributed by atoms with E-state index in [2.05, 4.69) is 22.6 Å². The maximum absolute atomic E-state index is 12.1. The van der Waals surface area contributed by atoms with Crippen molar-refractivity contribution in [3.05, 3.63) is 33.4 Å². The zero-order valence-electron chi connectivity index (χ0n) is 10.5. The molecule has 1 aliphatic rings. The number of hydrogen-bond donors (Lipinski definition) is 2. The predicted octanol–water partition coefficient (Wildman–Crippen LogP) is 1.70. The second kappa shape index (κ2) is 7.42. The Hall–Kier alpha value is -0.370. The van der Waals surface area contributed by atoms with E-state index in [4.69, 9.17) is 5.73 Å². The first-order valence-electron chi connectivity index (χ1n) is 6.07. The van der Waals surface area contributed by atoms with Gasteiger partial charge in [0.1, 0.15) is 12.1 Å². The highest BCUT2D eigenvalue weighted by Gasteiger charge is 2.29. The predicted molar refractivity (Wildman–Crippen MR) is 85.2 cm³/mol. The number of hydrogen-bond acceptors (Lipinski definition) is 3. The fourth-order valence-electron chi connectivity index (χ4n) is 2.15. The second-order valence-electron chi connectivity index (χ2n) is 4.55. The number of aliphatic hydroxyl groups excluding tert-OH is 1. The number of carbonyl (C=O) groups is 1. The molecule has 0 bridgehead atoms. The summed E-state index contributed by atoms with van der Waals surface area (Å²) in [6.07, 6.45) is 1.12. The number of amides is 1. The number of rotatable bonds is 3. The van der Waals surface area contributed by atoms with E-state index in [0.29, 0.717) is 5.56 Å². The third-order valence-electron chi connectivity index (χ3n) is 3.25. The van der Waals surface area contributed by atoms with Crippen molar-refractivity contribution in [2.45, 2.75) is 25.0 Å². The van der Waals surface area contributed by atoms with E-state index in [0.717, 1.165) is 29.5 Å².